The van der Waals surface area contributed by atoms with E-state index < -0.39 is 0 Å². The first-order chi connectivity index (χ1) is 10.2. The zero-order valence-corrected chi connectivity index (χ0v) is 11.6. The second-order valence-electron chi connectivity index (χ2n) is 4.54. The van der Waals surface area contributed by atoms with E-state index in [2.05, 4.69) is 10.1 Å². The molecule has 3 rings (SSSR count). The minimum absolute atomic E-state index is 0.225. The summed E-state index contributed by atoms with van der Waals surface area (Å²) in [4.78, 5) is 16.2. The first-order valence-corrected chi connectivity index (χ1v) is 6.59. The molecule has 0 unspecified atom stereocenters. The monoisotopic (exact) mass is 285 g/mol. The van der Waals surface area contributed by atoms with Gasteiger partial charge in [0.1, 0.15) is 5.75 Å². The molecule has 0 bridgehead atoms. The van der Waals surface area contributed by atoms with E-state index in [0.29, 0.717) is 30.2 Å². The average molecular weight is 285 g/mol. The lowest BCUT2D eigenvalue weighted by Crippen LogP contribution is -2.22. The van der Waals surface area contributed by atoms with Crippen molar-refractivity contribution in [1.29, 1.82) is 0 Å². The highest BCUT2D eigenvalue weighted by atomic mass is 16.5. The highest BCUT2D eigenvalue weighted by molar-refractivity contribution is 5.48. The Morgan fingerprint density at radius 1 is 1.38 bits per heavy atom. The first-order valence-electron chi connectivity index (χ1n) is 6.59. The molecular weight excluding hydrogens is 270 g/mol. The molecule has 0 saturated heterocycles. The molecule has 0 fully saturated rings. The molecule has 0 aliphatic heterocycles. The molecule has 0 spiro atoms. The van der Waals surface area contributed by atoms with Crippen LogP contribution in [0.4, 0.5) is 5.69 Å². The van der Waals surface area contributed by atoms with Gasteiger partial charge >= 0.3 is 5.69 Å². The number of nitrogens with two attached hydrogens (primary N) is 1. The lowest BCUT2D eigenvalue weighted by Gasteiger charge is -2.10. The van der Waals surface area contributed by atoms with Crippen LogP contribution in [-0.4, -0.2) is 25.8 Å². The van der Waals surface area contributed by atoms with Gasteiger partial charge in [0.05, 0.1) is 19.3 Å². The third-order valence-corrected chi connectivity index (χ3v) is 3.09. The molecule has 3 aromatic rings. The molecule has 0 amide bonds. The fraction of sp³-hybridized carbons (Fsp3) is 0.214. The Labute approximate surface area is 120 Å². The lowest BCUT2D eigenvalue weighted by atomic mass is 10.2. The van der Waals surface area contributed by atoms with Crippen molar-refractivity contribution in [2.75, 3.05) is 12.3 Å². The van der Waals surface area contributed by atoms with Crippen LogP contribution >= 0.6 is 0 Å². The van der Waals surface area contributed by atoms with E-state index >= 15 is 0 Å². The molecule has 0 aliphatic carbocycles. The van der Waals surface area contributed by atoms with Gasteiger partial charge < -0.3 is 10.5 Å². The summed E-state index contributed by atoms with van der Waals surface area (Å²) in [5.74, 6) is 0.703. The summed E-state index contributed by atoms with van der Waals surface area (Å²) in [6.07, 6.45) is 4.68. The summed E-state index contributed by atoms with van der Waals surface area (Å²) in [6, 6.07) is 5.36. The maximum Gasteiger partial charge on any atom is 0.350 e. The Morgan fingerprint density at radius 3 is 3.00 bits per heavy atom. The largest absolute Gasteiger partial charge is 0.494 e. The van der Waals surface area contributed by atoms with E-state index in [1.54, 1.807) is 36.8 Å². The minimum Gasteiger partial charge on any atom is -0.494 e. The number of hydrogen-bond donors (Lipinski definition) is 1. The Morgan fingerprint density at radius 2 is 2.24 bits per heavy atom. The first kappa shape index (κ1) is 13.2. The number of ether oxygens (including phenoxy) is 1. The van der Waals surface area contributed by atoms with Crippen molar-refractivity contribution in [2.24, 2.45) is 0 Å². The van der Waals surface area contributed by atoms with Gasteiger partial charge in [-0.3, -0.25) is 4.98 Å². The second-order valence-corrected chi connectivity index (χ2v) is 4.54. The highest BCUT2D eigenvalue weighted by Gasteiger charge is 2.10. The van der Waals surface area contributed by atoms with Gasteiger partial charge in [-0.2, -0.15) is 0 Å². The van der Waals surface area contributed by atoms with Gasteiger partial charge in [0.2, 0.25) is 0 Å². The van der Waals surface area contributed by atoms with E-state index in [-0.39, 0.29) is 5.69 Å². The van der Waals surface area contributed by atoms with Gasteiger partial charge in [0.25, 0.3) is 0 Å². The van der Waals surface area contributed by atoms with Crippen molar-refractivity contribution in [3.05, 3.63) is 52.8 Å². The number of benzene rings is 1. The fourth-order valence-electron chi connectivity index (χ4n) is 2.16. The molecule has 0 saturated carbocycles. The van der Waals surface area contributed by atoms with Crippen LogP contribution in [-0.2, 0) is 6.54 Å². The van der Waals surface area contributed by atoms with Crippen molar-refractivity contribution in [3.63, 3.8) is 0 Å². The van der Waals surface area contributed by atoms with Crippen molar-refractivity contribution < 1.29 is 4.74 Å². The summed E-state index contributed by atoms with van der Waals surface area (Å²) in [7, 11) is 0. The van der Waals surface area contributed by atoms with Crippen LogP contribution < -0.4 is 16.2 Å². The van der Waals surface area contributed by atoms with Gasteiger partial charge in [0, 0.05) is 23.6 Å². The highest BCUT2D eigenvalue weighted by Crippen LogP contribution is 2.22. The fourth-order valence-corrected chi connectivity index (χ4v) is 2.16. The number of nitrogens with zero attached hydrogens (tertiary/aromatic N) is 4. The number of aromatic nitrogens is 4. The molecule has 0 radical (unpaired) electrons. The Bertz CT molecular complexity index is 837. The molecular formula is C14H15N5O2. The predicted molar refractivity (Wildman–Crippen MR) is 78.4 cm³/mol. The molecule has 2 heterocycles. The van der Waals surface area contributed by atoms with E-state index in [1.807, 2.05) is 6.92 Å². The molecule has 0 aliphatic rings. The van der Waals surface area contributed by atoms with Crippen LogP contribution in [0.15, 0.2) is 41.6 Å². The Hall–Kier alpha value is -2.83. The third kappa shape index (κ3) is 2.45. The number of nitrogen functional groups attached to an aromatic ring is 1. The zero-order valence-electron chi connectivity index (χ0n) is 11.6. The van der Waals surface area contributed by atoms with E-state index in [1.165, 1.54) is 9.08 Å². The molecule has 108 valence electrons. The molecule has 7 nitrogen and oxygen atoms in total. The van der Waals surface area contributed by atoms with Crippen molar-refractivity contribution in [3.8, 4) is 5.75 Å². The normalized spacial score (nSPS) is 10.9. The zero-order chi connectivity index (χ0) is 14.8. The number of anilines is 1. The summed E-state index contributed by atoms with van der Waals surface area (Å²) >= 11 is 0. The quantitative estimate of drug-likeness (QED) is 0.720. The Kier molecular flexibility index (Phi) is 3.31. The van der Waals surface area contributed by atoms with Gasteiger partial charge in [-0.05, 0) is 25.1 Å². The van der Waals surface area contributed by atoms with Gasteiger partial charge in [0.15, 0.2) is 5.65 Å². The topological polar surface area (TPSA) is 87.4 Å². The molecule has 7 heteroatoms. The summed E-state index contributed by atoms with van der Waals surface area (Å²) in [6.45, 7) is 2.74. The minimum atomic E-state index is -0.225. The lowest BCUT2D eigenvalue weighted by molar-refractivity contribution is 0.335. The summed E-state index contributed by atoms with van der Waals surface area (Å²) in [5.41, 5.74) is 7.52. The standard InChI is InChI=1S/C14H15N5O2/c1-2-21-12-4-3-11(15)7-10(12)9-19-14(20)18-6-5-16-8-13(18)17-19/h3-8H,2,9,15H2,1H3. The van der Waals surface area contributed by atoms with Crippen molar-refractivity contribution in [2.45, 2.75) is 13.5 Å². The molecule has 21 heavy (non-hydrogen) atoms. The van der Waals surface area contributed by atoms with Crippen LogP contribution in [0.1, 0.15) is 12.5 Å². The van der Waals surface area contributed by atoms with Gasteiger partial charge in [-0.1, -0.05) is 0 Å². The van der Waals surface area contributed by atoms with Crippen LogP contribution in [0.2, 0.25) is 0 Å². The molecule has 2 N–H and O–H groups in total. The van der Waals surface area contributed by atoms with E-state index in [0.717, 1.165) is 5.56 Å². The smallest absolute Gasteiger partial charge is 0.350 e. The number of rotatable bonds is 4. The van der Waals surface area contributed by atoms with Crippen LogP contribution in [0.5, 0.6) is 5.75 Å². The average Bonchev–Trinajstić information content (AvgIpc) is 2.79. The summed E-state index contributed by atoms with van der Waals surface area (Å²) < 4.78 is 8.37. The van der Waals surface area contributed by atoms with Gasteiger partial charge in [-0.25, -0.2) is 13.9 Å². The molecule has 1 aromatic carbocycles. The van der Waals surface area contributed by atoms with E-state index in [9.17, 15) is 4.79 Å². The van der Waals surface area contributed by atoms with Gasteiger partial charge in [-0.15, -0.1) is 5.10 Å². The summed E-state index contributed by atoms with van der Waals surface area (Å²) in [5, 5.41) is 4.25. The van der Waals surface area contributed by atoms with Crippen molar-refractivity contribution in [1.82, 2.24) is 19.2 Å². The molecule has 2 aromatic heterocycles. The maximum absolute atomic E-state index is 12.3. The van der Waals surface area contributed by atoms with Crippen LogP contribution in [0.25, 0.3) is 5.65 Å². The Balaban J connectivity index is 2.04. The molecule has 0 atom stereocenters. The number of hydrogen-bond acceptors (Lipinski definition) is 5. The predicted octanol–water partition coefficient (Wildman–Crippen LogP) is 0.920. The SMILES string of the molecule is CCOc1ccc(N)cc1Cn1nc2cnccn2c1=O. The van der Waals surface area contributed by atoms with Crippen LogP contribution in [0.3, 0.4) is 0 Å². The number of fused-ring (bicyclic) bond motifs is 1. The van der Waals surface area contributed by atoms with Crippen molar-refractivity contribution >= 4 is 11.3 Å². The third-order valence-electron chi connectivity index (χ3n) is 3.09. The van der Waals surface area contributed by atoms with Crippen LogP contribution in [0, 0.1) is 0 Å². The second kappa shape index (κ2) is 5.28. The van der Waals surface area contributed by atoms with E-state index in [4.69, 9.17) is 10.5 Å². The maximum atomic E-state index is 12.3.